The van der Waals surface area contributed by atoms with Crippen molar-refractivity contribution in [2.24, 2.45) is 0 Å². The summed E-state index contributed by atoms with van der Waals surface area (Å²) < 4.78 is 60.1. The molecular formula is C29H25F3N4O4. The molecule has 0 aliphatic carbocycles. The predicted octanol–water partition coefficient (Wildman–Crippen LogP) is 4.81. The van der Waals surface area contributed by atoms with E-state index in [1.807, 2.05) is 29.2 Å². The maximum Gasteiger partial charge on any atom is 0.255 e. The first-order valence-corrected chi connectivity index (χ1v) is 12.8. The molecule has 0 saturated carbocycles. The summed E-state index contributed by atoms with van der Waals surface area (Å²) in [6, 6.07) is 8.58. The van der Waals surface area contributed by atoms with Crippen LogP contribution in [0.3, 0.4) is 0 Å². The molecule has 0 radical (unpaired) electrons. The van der Waals surface area contributed by atoms with Crippen molar-refractivity contribution in [1.29, 1.82) is 0 Å². The Morgan fingerprint density at radius 2 is 1.88 bits per heavy atom. The van der Waals surface area contributed by atoms with E-state index >= 15 is 0 Å². The Hall–Kier alpha value is -4.38. The van der Waals surface area contributed by atoms with E-state index in [9.17, 15) is 18.0 Å². The fourth-order valence-corrected chi connectivity index (χ4v) is 5.25. The van der Waals surface area contributed by atoms with Crippen LogP contribution in [0.2, 0.25) is 0 Å². The fraction of sp³-hybridized carbons (Fsp3) is 0.276. The van der Waals surface area contributed by atoms with Gasteiger partial charge in [0.05, 0.1) is 61.5 Å². The van der Waals surface area contributed by atoms with Gasteiger partial charge in [-0.3, -0.25) is 9.78 Å². The van der Waals surface area contributed by atoms with Crippen molar-refractivity contribution in [3.05, 3.63) is 77.4 Å². The summed E-state index contributed by atoms with van der Waals surface area (Å²) in [6.07, 6.45) is 3.30. The molecule has 8 nitrogen and oxygen atoms in total. The zero-order chi connectivity index (χ0) is 27.8. The Kier molecular flexibility index (Phi) is 6.89. The van der Waals surface area contributed by atoms with Crippen molar-refractivity contribution in [3.8, 4) is 22.8 Å². The van der Waals surface area contributed by atoms with Crippen LogP contribution in [-0.4, -0.2) is 55.9 Å². The van der Waals surface area contributed by atoms with Gasteiger partial charge in [0.1, 0.15) is 22.8 Å². The number of hydrogen-bond acceptors (Lipinski definition) is 7. The number of halogens is 3. The van der Waals surface area contributed by atoms with Crippen LogP contribution in [-0.2, 0) is 4.74 Å². The van der Waals surface area contributed by atoms with E-state index in [0.717, 1.165) is 11.6 Å². The summed E-state index contributed by atoms with van der Waals surface area (Å²) in [5.74, 6) is -2.94. The number of rotatable bonds is 5. The fourth-order valence-electron chi connectivity index (χ4n) is 5.25. The molecule has 1 N–H and O–H groups in total. The van der Waals surface area contributed by atoms with Gasteiger partial charge in [-0.25, -0.2) is 18.2 Å². The summed E-state index contributed by atoms with van der Waals surface area (Å²) in [4.78, 5) is 24.6. The molecule has 40 heavy (non-hydrogen) atoms. The van der Waals surface area contributed by atoms with E-state index in [1.54, 1.807) is 0 Å². The minimum absolute atomic E-state index is 0.0773. The summed E-state index contributed by atoms with van der Waals surface area (Å²) >= 11 is 0. The highest BCUT2D eigenvalue weighted by atomic mass is 19.2. The number of methoxy groups -OCH3 is 1. The number of aromatic nitrogens is 2. The smallest absolute Gasteiger partial charge is 0.255 e. The largest absolute Gasteiger partial charge is 0.494 e. The van der Waals surface area contributed by atoms with Crippen LogP contribution >= 0.6 is 0 Å². The lowest BCUT2D eigenvalue weighted by Crippen LogP contribution is -2.39. The van der Waals surface area contributed by atoms with Crippen LogP contribution in [0.4, 0.5) is 18.9 Å². The zero-order valence-corrected chi connectivity index (χ0v) is 21.5. The molecule has 2 aliphatic rings. The van der Waals surface area contributed by atoms with Crippen molar-refractivity contribution in [1.82, 2.24) is 15.3 Å². The molecule has 206 valence electrons. The molecule has 2 aliphatic heterocycles. The third-order valence-electron chi connectivity index (χ3n) is 7.14. The second-order valence-corrected chi connectivity index (χ2v) is 9.47. The molecule has 4 aromatic rings. The minimum atomic E-state index is -1.35. The highest BCUT2D eigenvalue weighted by Gasteiger charge is 2.30. The quantitative estimate of drug-likeness (QED) is 0.357. The maximum absolute atomic E-state index is 14.9. The van der Waals surface area contributed by atoms with Crippen LogP contribution in [0.15, 0.2) is 48.8 Å². The number of ether oxygens (including phenoxy) is 3. The first-order valence-electron chi connectivity index (χ1n) is 12.8. The Labute approximate surface area is 227 Å². The van der Waals surface area contributed by atoms with Crippen molar-refractivity contribution in [2.45, 2.75) is 12.5 Å². The number of fused-ring (bicyclic) bond motifs is 2. The number of hydrogen-bond donors (Lipinski definition) is 1. The number of benzene rings is 2. The van der Waals surface area contributed by atoms with E-state index in [1.165, 1.54) is 19.5 Å². The summed E-state index contributed by atoms with van der Waals surface area (Å²) in [5, 5.41) is 3.48. The normalized spacial score (nSPS) is 16.8. The lowest BCUT2D eigenvalue weighted by Gasteiger charge is -2.32. The molecule has 11 heteroatoms. The lowest BCUT2D eigenvalue weighted by molar-refractivity contribution is 0.0923. The molecule has 1 amide bonds. The summed E-state index contributed by atoms with van der Waals surface area (Å²) in [5.41, 5.74) is 1.30. The van der Waals surface area contributed by atoms with Gasteiger partial charge in [-0.2, -0.15) is 0 Å². The van der Waals surface area contributed by atoms with Crippen LogP contribution < -0.4 is 19.7 Å². The standard InChI is InChI=1S/C29H25F3N4O4/c1-38-23-15-34-26(18-12-16(30)13-20(31)25(18)32)27-24(23)28(36-7-10-39-11-8-36)19(14-33-27)29(37)35-21-6-9-40-22-5-3-2-4-17(21)22/h2-5,12-15,21H,6-11H2,1H3,(H,35,37)/t21-/m0/s1. The summed E-state index contributed by atoms with van der Waals surface area (Å²) in [7, 11) is 1.44. The van der Waals surface area contributed by atoms with Crippen LogP contribution in [0, 0.1) is 17.5 Å². The van der Waals surface area contributed by atoms with Crippen molar-refractivity contribution >= 4 is 22.5 Å². The van der Waals surface area contributed by atoms with Crippen LogP contribution in [0.25, 0.3) is 22.2 Å². The Morgan fingerprint density at radius 1 is 1.07 bits per heavy atom. The van der Waals surface area contributed by atoms with Crippen molar-refractivity contribution in [3.63, 3.8) is 0 Å². The molecule has 1 fully saturated rings. The number of anilines is 1. The number of nitrogens with zero attached hydrogens (tertiary/aromatic N) is 3. The average Bonchev–Trinajstić information content (AvgIpc) is 2.98. The van der Waals surface area contributed by atoms with Gasteiger partial charge in [0.15, 0.2) is 11.6 Å². The van der Waals surface area contributed by atoms with Gasteiger partial charge >= 0.3 is 0 Å². The average molecular weight is 551 g/mol. The van der Waals surface area contributed by atoms with Crippen LogP contribution in [0.5, 0.6) is 11.5 Å². The summed E-state index contributed by atoms with van der Waals surface area (Å²) in [6.45, 7) is 2.21. The first-order chi connectivity index (χ1) is 19.5. The number of morpholine rings is 1. The number of amides is 1. The SMILES string of the molecule is COc1cnc(-c2cc(F)cc(F)c2F)c2ncc(C(=O)N[C@H]3CCOc4ccccc43)c(N3CCOCC3)c12. The van der Waals surface area contributed by atoms with Gasteiger partial charge in [-0.05, 0) is 12.1 Å². The van der Waals surface area contributed by atoms with Crippen molar-refractivity contribution < 1.29 is 32.2 Å². The number of carbonyl (C=O) groups excluding carboxylic acids is 1. The Balaban J connectivity index is 1.53. The topological polar surface area (TPSA) is 85.8 Å². The molecule has 0 unspecified atom stereocenters. The number of nitrogens with one attached hydrogen (secondary N) is 1. The number of para-hydroxylation sites is 1. The van der Waals surface area contributed by atoms with E-state index in [0.29, 0.717) is 62.2 Å². The number of pyridine rings is 2. The van der Waals surface area contributed by atoms with E-state index < -0.39 is 17.5 Å². The monoisotopic (exact) mass is 550 g/mol. The van der Waals surface area contributed by atoms with Gasteiger partial charge in [0.2, 0.25) is 0 Å². The second kappa shape index (κ2) is 10.6. The predicted molar refractivity (Wildman–Crippen MR) is 141 cm³/mol. The first kappa shape index (κ1) is 25.9. The highest BCUT2D eigenvalue weighted by Crippen LogP contribution is 2.41. The Bertz CT molecular complexity index is 1610. The third kappa shape index (κ3) is 4.56. The van der Waals surface area contributed by atoms with Crippen molar-refractivity contribution in [2.75, 3.05) is 44.9 Å². The molecule has 2 aromatic carbocycles. The van der Waals surface area contributed by atoms with E-state index in [2.05, 4.69) is 15.3 Å². The highest BCUT2D eigenvalue weighted by molar-refractivity contribution is 6.11. The molecule has 6 rings (SSSR count). The van der Waals surface area contributed by atoms with Gasteiger partial charge in [0.25, 0.3) is 5.91 Å². The van der Waals surface area contributed by atoms with E-state index in [4.69, 9.17) is 14.2 Å². The van der Waals surface area contributed by atoms with Gasteiger partial charge in [-0.15, -0.1) is 0 Å². The van der Waals surface area contributed by atoms with E-state index in [-0.39, 0.29) is 40.0 Å². The molecule has 0 bridgehead atoms. The Morgan fingerprint density at radius 3 is 2.67 bits per heavy atom. The molecule has 4 heterocycles. The third-order valence-corrected chi connectivity index (χ3v) is 7.14. The van der Waals surface area contributed by atoms with Gasteiger partial charge in [-0.1, -0.05) is 18.2 Å². The molecule has 2 aromatic heterocycles. The minimum Gasteiger partial charge on any atom is -0.494 e. The molecule has 1 atom stereocenters. The van der Waals surface area contributed by atoms with Gasteiger partial charge in [0, 0.05) is 42.9 Å². The van der Waals surface area contributed by atoms with Gasteiger partial charge < -0.3 is 24.4 Å². The number of carbonyl (C=O) groups is 1. The lowest BCUT2D eigenvalue weighted by atomic mass is 9.99. The zero-order valence-electron chi connectivity index (χ0n) is 21.5. The second-order valence-electron chi connectivity index (χ2n) is 9.47. The van der Waals surface area contributed by atoms with Crippen LogP contribution in [0.1, 0.15) is 28.4 Å². The molecule has 0 spiro atoms. The molecular weight excluding hydrogens is 525 g/mol. The maximum atomic E-state index is 14.9. The molecule has 1 saturated heterocycles.